The minimum absolute atomic E-state index is 0.0657. The third-order valence-electron chi connectivity index (χ3n) is 5.48. The molecule has 0 N–H and O–H groups in total. The number of rotatable bonds is 10. The third kappa shape index (κ3) is 5.93. The molecule has 0 atom stereocenters. The van der Waals surface area contributed by atoms with Gasteiger partial charge in [-0.15, -0.1) is 10.2 Å². The zero-order valence-electron chi connectivity index (χ0n) is 19.5. The van der Waals surface area contributed by atoms with Crippen LogP contribution in [0.15, 0.2) is 34.7 Å². The first-order valence-corrected chi connectivity index (χ1v) is 11.0. The summed E-state index contributed by atoms with van der Waals surface area (Å²) in [6.07, 6.45) is 1.37. The Morgan fingerprint density at radius 1 is 1.09 bits per heavy atom. The number of Topliss-reactive ketones (excluding diaryl/α,β-unsaturated/α-hetero) is 1. The van der Waals surface area contributed by atoms with E-state index in [2.05, 4.69) is 28.6 Å². The molecule has 0 saturated heterocycles. The van der Waals surface area contributed by atoms with Gasteiger partial charge in [-0.2, -0.15) is 0 Å². The third-order valence-corrected chi connectivity index (χ3v) is 5.48. The number of nitrogens with zero attached hydrogens (tertiary/aromatic N) is 3. The molecule has 0 fully saturated rings. The first kappa shape index (κ1) is 23.4. The fraction of sp³-hybridized carbons (Fsp3) is 0.440. The Bertz CT molecular complexity index is 1080. The molecule has 0 aliphatic rings. The lowest BCUT2D eigenvalue weighted by Gasteiger charge is -2.11. The Hall–Kier alpha value is -3.22. The zero-order chi connectivity index (χ0) is 23.3. The average molecular weight is 438 g/mol. The van der Waals surface area contributed by atoms with Crippen molar-refractivity contribution in [2.45, 2.75) is 60.4 Å². The minimum atomic E-state index is -0.470. The maximum atomic E-state index is 12.6. The minimum Gasteiger partial charge on any atom is -0.457 e. The smallest absolute Gasteiger partial charge is 0.306 e. The van der Waals surface area contributed by atoms with Crippen LogP contribution in [-0.4, -0.2) is 33.1 Å². The van der Waals surface area contributed by atoms with E-state index < -0.39 is 5.97 Å². The summed E-state index contributed by atoms with van der Waals surface area (Å²) < 4.78 is 13.0. The lowest BCUT2D eigenvalue weighted by atomic mass is 10.1. The van der Waals surface area contributed by atoms with Crippen molar-refractivity contribution in [3.8, 4) is 11.5 Å². The first-order chi connectivity index (χ1) is 15.2. The summed E-state index contributed by atoms with van der Waals surface area (Å²) in [6.45, 7) is 10.9. The van der Waals surface area contributed by atoms with Crippen LogP contribution in [0.5, 0.6) is 0 Å². The van der Waals surface area contributed by atoms with Crippen LogP contribution in [0.4, 0.5) is 0 Å². The molecule has 3 aromatic rings. The number of ether oxygens (including phenoxy) is 1. The number of carbonyl (C=O) groups excluding carboxylic acids is 2. The quantitative estimate of drug-likeness (QED) is 0.332. The highest BCUT2D eigenvalue weighted by atomic mass is 16.5. The summed E-state index contributed by atoms with van der Waals surface area (Å²) in [5.74, 6) is 0.695. The molecule has 0 aliphatic heterocycles. The van der Waals surface area contributed by atoms with E-state index in [-0.39, 0.29) is 25.2 Å². The standard InChI is InChI=1S/C25H31N3O4/c1-16(2)12-13-28-18(4)14-21(19(28)5)22(29)15-31-24(30)11-10-23-26-27-25(32-23)20-8-6-17(3)7-9-20/h6-9,14,16H,10-13,15H2,1-5H3. The second-order valence-corrected chi connectivity index (χ2v) is 8.57. The van der Waals surface area contributed by atoms with E-state index in [1.807, 2.05) is 51.1 Å². The molecular weight excluding hydrogens is 406 g/mol. The molecule has 32 heavy (non-hydrogen) atoms. The molecule has 0 bridgehead atoms. The number of carbonyl (C=O) groups is 2. The Morgan fingerprint density at radius 2 is 1.81 bits per heavy atom. The zero-order valence-corrected chi connectivity index (χ0v) is 19.5. The summed E-state index contributed by atoms with van der Waals surface area (Å²) >= 11 is 0. The maximum absolute atomic E-state index is 12.6. The summed E-state index contributed by atoms with van der Waals surface area (Å²) in [7, 11) is 0. The Morgan fingerprint density at radius 3 is 2.50 bits per heavy atom. The number of benzene rings is 1. The highest BCUT2D eigenvalue weighted by Crippen LogP contribution is 2.20. The molecule has 2 aromatic heterocycles. The van der Waals surface area contributed by atoms with Crippen LogP contribution in [-0.2, 0) is 22.5 Å². The summed E-state index contributed by atoms with van der Waals surface area (Å²) in [5.41, 5.74) is 4.53. The Balaban J connectivity index is 1.49. The van der Waals surface area contributed by atoms with E-state index in [9.17, 15) is 9.59 Å². The maximum Gasteiger partial charge on any atom is 0.306 e. The van der Waals surface area contributed by atoms with Gasteiger partial charge in [0.05, 0.1) is 6.42 Å². The van der Waals surface area contributed by atoms with Gasteiger partial charge >= 0.3 is 5.97 Å². The number of esters is 1. The number of hydrogen-bond donors (Lipinski definition) is 0. The fourth-order valence-electron chi connectivity index (χ4n) is 3.49. The Kier molecular flexibility index (Phi) is 7.62. The highest BCUT2D eigenvalue weighted by Gasteiger charge is 2.18. The van der Waals surface area contributed by atoms with Crippen molar-refractivity contribution >= 4 is 11.8 Å². The van der Waals surface area contributed by atoms with Gasteiger partial charge < -0.3 is 13.7 Å². The highest BCUT2D eigenvalue weighted by molar-refractivity contribution is 5.99. The Labute approximate surface area is 188 Å². The first-order valence-electron chi connectivity index (χ1n) is 11.0. The topological polar surface area (TPSA) is 87.2 Å². The van der Waals surface area contributed by atoms with Crippen LogP contribution in [0.1, 0.15) is 59.9 Å². The van der Waals surface area contributed by atoms with Crippen molar-refractivity contribution in [3.05, 3.63) is 58.7 Å². The van der Waals surface area contributed by atoms with Crippen molar-refractivity contribution in [2.75, 3.05) is 6.61 Å². The molecule has 0 radical (unpaired) electrons. The van der Waals surface area contributed by atoms with Crippen molar-refractivity contribution in [3.63, 3.8) is 0 Å². The van der Waals surface area contributed by atoms with Gasteiger partial charge in [-0.05, 0) is 51.3 Å². The lowest BCUT2D eigenvalue weighted by Crippen LogP contribution is -2.15. The van der Waals surface area contributed by atoms with Crippen LogP contribution in [0.2, 0.25) is 0 Å². The van der Waals surface area contributed by atoms with Crippen LogP contribution >= 0.6 is 0 Å². The summed E-state index contributed by atoms with van der Waals surface area (Å²) in [5, 5.41) is 8.02. The van der Waals surface area contributed by atoms with Crippen molar-refractivity contribution in [1.82, 2.24) is 14.8 Å². The second kappa shape index (κ2) is 10.4. The van der Waals surface area contributed by atoms with Gasteiger partial charge in [-0.25, -0.2) is 0 Å². The van der Waals surface area contributed by atoms with E-state index >= 15 is 0 Å². The van der Waals surface area contributed by atoms with Gasteiger partial charge in [0.2, 0.25) is 17.6 Å². The van der Waals surface area contributed by atoms with Gasteiger partial charge in [-0.1, -0.05) is 31.5 Å². The molecule has 7 nitrogen and oxygen atoms in total. The van der Waals surface area contributed by atoms with Crippen molar-refractivity contribution < 1.29 is 18.7 Å². The molecule has 0 saturated carbocycles. The molecule has 2 heterocycles. The number of aromatic nitrogens is 3. The monoisotopic (exact) mass is 437 g/mol. The average Bonchev–Trinajstić information content (AvgIpc) is 3.34. The van der Waals surface area contributed by atoms with Gasteiger partial charge in [-0.3, -0.25) is 9.59 Å². The molecule has 170 valence electrons. The van der Waals surface area contributed by atoms with E-state index in [0.29, 0.717) is 23.3 Å². The number of ketones is 1. The summed E-state index contributed by atoms with van der Waals surface area (Å²) in [4.78, 5) is 24.7. The van der Waals surface area contributed by atoms with E-state index in [1.165, 1.54) is 0 Å². The number of aryl methyl sites for hydroxylation is 3. The molecule has 1 aromatic carbocycles. The number of hydrogen-bond acceptors (Lipinski definition) is 6. The van der Waals surface area contributed by atoms with E-state index in [0.717, 1.165) is 35.5 Å². The predicted octanol–water partition coefficient (Wildman–Crippen LogP) is 4.87. The summed E-state index contributed by atoms with van der Waals surface area (Å²) in [6, 6.07) is 9.63. The van der Waals surface area contributed by atoms with E-state index in [1.54, 1.807) is 0 Å². The van der Waals surface area contributed by atoms with Gasteiger partial charge in [0.1, 0.15) is 0 Å². The molecule has 0 unspecified atom stereocenters. The SMILES string of the molecule is Cc1ccc(-c2nnc(CCC(=O)OCC(=O)c3cc(C)n(CCC(C)C)c3C)o2)cc1. The molecule has 3 rings (SSSR count). The van der Waals surface area contributed by atoms with Crippen molar-refractivity contribution in [1.29, 1.82) is 0 Å². The molecule has 0 spiro atoms. The molecule has 0 amide bonds. The van der Waals surface area contributed by atoms with Gasteiger partial charge in [0.25, 0.3) is 0 Å². The van der Waals surface area contributed by atoms with Crippen LogP contribution in [0.25, 0.3) is 11.5 Å². The second-order valence-electron chi connectivity index (χ2n) is 8.57. The normalized spacial score (nSPS) is 11.2. The largest absolute Gasteiger partial charge is 0.457 e. The van der Waals surface area contributed by atoms with Crippen molar-refractivity contribution in [2.24, 2.45) is 5.92 Å². The van der Waals surface area contributed by atoms with Gasteiger partial charge in [0, 0.05) is 35.5 Å². The molecular formula is C25H31N3O4. The van der Waals surface area contributed by atoms with Crippen LogP contribution < -0.4 is 0 Å². The predicted molar refractivity (Wildman–Crippen MR) is 121 cm³/mol. The van der Waals surface area contributed by atoms with Crippen LogP contribution in [0, 0.1) is 26.7 Å². The van der Waals surface area contributed by atoms with Crippen LogP contribution in [0.3, 0.4) is 0 Å². The van der Waals surface area contributed by atoms with Gasteiger partial charge in [0.15, 0.2) is 6.61 Å². The molecule has 0 aliphatic carbocycles. The van der Waals surface area contributed by atoms with E-state index in [4.69, 9.17) is 9.15 Å². The lowest BCUT2D eigenvalue weighted by molar-refractivity contribution is -0.142. The molecule has 7 heteroatoms. The fourth-order valence-corrected chi connectivity index (χ4v) is 3.49.